The van der Waals surface area contributed by atoms with Gasteiger partial charge in [-0.05, 0) is 42.9 Å². The van der Waals surface area contributed by atoms with Crippen LogP contribution < -0.4 is 5.73 Å². The van der Waals surface area contributed by atoms with E-state index in [1.807, 2.05) is 11.8 Å². The summed E-state index contributed by atoms with van der Waals surface area (Å²) in [5.41, 5.74) is 7.15. The molecule has 15 heavy (non-hydrogen) atoms. The highest BCUT2D eigenvalue weighted by atomic mass is 32.2. The predicted octanol–water partition coefficient (Wildman–Crippen LogP) is 3.25. The van der Waals surface area contributed by atoms with E-state index >= 15 is 0 Å². The maximum atomic E-state index is 5.59. The Bertz CT molecular complexity index is 324. The molecule has 0 bridgehead atoms. The summed E-state index contributed by atoms with van der Waals surface area (Å²) in [5, 5.41) is 0. The first kappa shape index (κ1) is 11.0. The van der Waals surface area contributed by atoms with Crippen molar-refractivity contribution in [3.05, 3.63) is 29.8 Å². The molecule has 1 nitrogen and oxygen atoms in total. The second kappa shape index (κ2) is 5.04. The summed E-state index contributed by atoms with van der Waals surface area (Å²) in [7, 11) is 0. The van der Waals surface area contributed by atoms with Gasteiger partial charge >= 0.3 is 0 Å². The van der Waals surface area contributed by atoms with E-state index in [-0.39, 0.29) is 0 Å². The van der Waals surface area contributed by atoms with Gasteiger partial charge in [0.1, 0.15) is 0 Å². The van der Waals surface area contributed by atoms with Crippen LogP contribution in [0.4, 0.5) is 0 Å². The van der Waals surface area contributed by atoms with E-state index in [1.165, 1.54) is 17.1 Å². The lowest BCUT2D eigenvalue weighted by Crippen LogP contribution is -2.09. The Kier molecular flexibility index (Phi) is 3.71. The third-order valence-corrected chi connectivity index (χ3v) is 4.40. The first-order chi connectivity index (χ1) is 7.31. The van der Waals surface area contributed by atoms with E-state index in [9.17, 15) is 0 Å². The molecule has 0 aliphatic carbocycles. The zero-order valence-corrected chi connectivity index (χ0v) is 10.1. The Hall–Kier alpha value is -0.470. The topological polar surface area (TPSA) is 26.0 Å². The summed E-state index contributed by atoms with van der Waals surface area (Å²) in [6, 6.07) is 8.83. The van der Waals surface area contributed by atoms with Gasteiger partial charge in [0, 0.05) is 10.6 Å². The van der Waals surface area contributed by atoms with Crippen LogP contribution in [0, 0.1) is 5.92 Å². The molecule has 0 saturated carbocycles. The van der Waals surface area contributed by atoms with Crippen LogP contribution in [0.2, 0.25) is 0 Å². The fourth-order valence-corrected chi connectivity index (χ4v) is 3.59. The number of benzene rings is 1. The number of hydrogen-bond donors (Lipinski definition) is 1. The Morgan fingerprint density at radius 1 is 1.47 bits per heavy atom. The smallest absolute Gasteiger partial charge is 0.0107 e. The first-order valence-corrected chi connectivity index (χ1v) is 6.71. The molecule has 1 heterocycles. The average Bonchev–Trinajstić information content (AvgIpc) is 2.62. The summed E-state index contributed by atoms with van der Waals surface area (Å²) in [4.78, 5) is 1.49. The van der Waals surface area contributed by atoms with Crippen LogP contribution in [0.3, 0.4) is 0 Å². The molecule has 0 saturated heterocycles. The number of nitrogens with two attached hydrogens (primary N) is 1. The second-order valence-electron chi connectivity index (χ2n) is 4.46. The zero-order chi connectivity index (χ0) is 10.7. The molecule has 2 heteroatoms. The molecule has 2 N–H and O–H groups in total. The van der Waals surface area contributed by atoms with Crippen molar-refractivity contribution in [1.29, 1.82) is 0 Å². The molecule has 0 fully saturated rings. The van der Waals surface area contributed by atoms with Crippen LogP contribution in [0.1, 0.15) is 31.2 Å². The van der Waals surface area contributed by atoms with E-state index in [2.05, 4.69) is 31.2 Å². The van der Waals surface area contributed by atoms with Crippen LogP contribution in [-0.4, -0.2) is 12.3 Å². The molecule has 0 amide bonds. The monoisotopic (exact) mass is 221 g/mol. The standard InChI is InChI=1S/C13H19NS/c1-10(6-7-14)8-11-9-15-13-5-3-2-4-12(11)13/h2-5,10-11H,6-9,14H2,1H3. The van der Waals surface area contributed by atoms with Gasteiger partial charge in [0.25, 0.3) is 0 Å². The first-order valence-electron chi connectivity index (χ1n) is 5.73. The lowest BCUT2D eigenvalue weighted by atomic mass is 9.90. The van der Waals surface area contributed by atoms with E-state index in [4.69, 9.17) is 5.73 Å². The van der Waals surface area contributed by atoms with Gasteiger partial charge in [0.15, 0.2) is 0 Å². The van der Waals surface area contributed by atoms with Gasteiger partial charge in [0.05, 0.1) is 0 Å². The molecule has 1 aromatic carbocycles. The summed E-state index contributed by atoms with van der Waals surface area (Å²) >= 11 is 2.00. The molecule has 1 aliphatic heterocycles. The number of fused-ring (bicyclic) bond motifs is 1. The Morgan fingerprint density at radius 2 is 2.27 bits per heavy atom. The zero-order valence-electron chi connectivity index (χ0n) is 9.28. The third-order valence-electron chi connectivity index (χ3n) is 3.15. The van der Waals surface area contributed by atoms with Gasteiger partial charge in [-0.3, -0.25) is 0 Å². The van der Waals surface area contributed by atoms with Crippen LogP contribution >= 0.6 is 11.8 Å². The summed E-state index contributed by atoms with van der Waals surface area (Å²) in [6.45, 7) is 3.14. The molecule has 0 aromatic heterocycles. The van der Waals surface area contributed by atoms with Gasteiger partial charge in [-0.15, -0.1) is 11.8 Å². The molecule has 0 radical (unpaired) electrons. The summed E-state index contributed by atoms with van der Waals surface area (Å²) in [5.74, 6) is 2.77. The van der Waals surface area contributed by atoms with E-state index in [0.717, 1.165) is 24.8 Å². The van der Waals surface area contributed by atoms with E-state index in [0.29, 0.717) is 0 Å². The van der Waals surface area contributed by atoms with Gasteiger partial charge < -0.3 is 5.73 Å². The lowest BCUT2D eigenvalue weighted by molar-refractivity contribution is 0.463. The van der Waals surface area contributed by atoms with E-state index < -0.39 is 0 Å². The number of rotatable bonds is 4. The van der Waals surface area contributed by atoms with E-state index in [1.54, 1.807) is 5.56 Å². The van der Waals surface area contributed by atoms with Crippen LogP contribution in [-0.2, 0) is 0 Å². The molecule has 2 unspecified atom stereocenters. The highest BCUT2D eigenvalue weighted by molar-refractivity contribution is 7.99. The van der Waals surface area contributed by atoms with Gasteiger partial charge in [-0.1, -0.05) is 25.1 Å². The Labute approximate surface area is 96.4 Å². The Balaban J connectivity index is 2.01. The SMILES string of the molecule is CC(CCN)CC1CSc2ccccc21. The van der Waals surface area contributed by atoms with Crippen LogP contribution in [0.15, 0.2) is 29.2 Å². The van der Waals surface area contributed by atoms with Crippen LogP contribution in [0.25, 0.3) is 0 Å². The maximum Gasteiger partial charge on any atom is 0.0107 e. The van der Waals surface area contributed by atoms with Crippen molar-refractivity contribution in [2.45, 2.75) is 30.6 Å². The lowest BCUT2D eigenvalue weighted by Gasteiger charge is -2.16. The second-order valence-corrected chi connectivity index (χ2v) is 5.53. The van der Waals surface area contributed by atoms with Gasteiger partial charge in [0.2, 0.25) is 0 Å². The van der Waals surface area contributed by atoms with Gasteiger partial charge in [-0.2, -0.15) is 0 Å². The molecule has 82 valence electrons. The molecule has 2 atom stereocenters. The molecule has 2 rings (SSSR count). The molecule has 0 spiro atoms. The van der Waals surface area contributed by atoms with Crippen molar-refractivity contribution < 1.29 is 0 Å². The fourth-order valence-electron chi connectivity index (χ4n) is 2.31. The highest BCUT2D eigenvalue weighted by Gasteiger charge is 2.23. The minimum absolute atomic E-state index is 0.756. The number of thioether (sulfide) groups is 1. The van der Waals surface area contributed by atoms with Crippen molar-refractivity contribution in [2.75, 3.05) is 12.3 Å². The summed E-state index contributed by atoms with van der Waals surface area (Å²) < 4.78 is 0. The van der Waals surface area contributed by atoms with Crippen molar-refractivity contribution in [2.24, 2.45) is 11.7 Å². The maximum absolute atomic E-state index is 5.59. The third kappa shape index (κ3) is 2.56. The average molecular weight is 221 g/mol. The Morgan fingerprint density at radius 3 is 3.07 bits per heavy atom. The van der Waals surface area contributed by atoms with Crippen molar-refractivity contribution in [1.82, 2.24) is 0 Å². The molecular formula is C13H19NS. The minimum Gasteiger partial charge on any atom is -0.330 e. The molecular weight excluding hydrogens is 202 g/mol. The van der Waals surface area contributed by atoms with Crippen molar-refractivity contribution >= 4 is 11.8 Å². The number of hydrogen-bond acceptors (Lipinski definition) is 2. The summed E-state index contributed by atoms with van der Waals surface area (Å²) in [6.07, 6.45) is 2.45. The fraction of sp³-hybridized carbons (Fsp3) is 0.538. The van der Waals surface area contributed by atoms with Crippen molar-refractivity contribution in [3.8, 4) is 0 Å². The molecule has 1 aromatic rings. The van der Waals surface area contributed by atoms with Gasteiger partial charge in [-0.25, -0.2) is 0 Å². The largest absolute Gasteiger partial charge is 0.330 e. The highest BCUT2D eigenvalue weighted by Crippen LogP contribution is 2.42. The molecule has 1 aliphatic rings. The predicted molar refractivity (Wildman–Crippen MR) is 67.4 cm³/mol. The minimum atomic E-state index is 0.756. The van der Waals surface area contributed by atoms with Crippen molar-refractivity contribution in [3.63, 3.8) is 0 Å². The van der Waals surface area contributed by atoms with Crippen LogP contribution in [0.5, 0.6) is 0 Å². The quantitative estimate of drug-likeness (QED) is 0.844. The normalized spacial score (nSPS) is 21.3.